The van der Waals surface area contributed by atoms with Crippen LogP contribution in [0.5, 0.6) is 0 Å². The maximum Gasteiger partial charge on any atom is 0.310 e. The Kier molecular flexibility index (Phi) is 5.60. The zero-order chi connectivity index (χ0) is 13.7. The van der Waals surface area contributed by atoms with Gasteiger partial charge in [-0.15, -0.1) is 0 Å². The molecule has 2 atom stereocenters. The number of likely N-dealkylation sites (N-methyl/N-ethyl adjacent to an activating group) is 1. The van der Waals surface area contributed by atoms with Crippen LogP contribution in [0.3, 0.4) is 0 Å². The fourth-order valence-electron chi connectivity index (χ4n) is 2.94. The molecule has 0 N–H and O–H groups in total. The van der Waals surface area contributed by atoms with E-state index in [9.17, 15) is 4.79 Å². The Balaban J connectivity index is 1.78. The van der Waals surface area contributed by atoms with E-state index < -0.39 is 0 Å². The highest BCUT2D eigenvalue weighted by atomic mass is 16.5. The number of hydrogen-bond donors (Lipinski definition) is 0. The van der Waals surface area contributed by atoms with E-state index in [0.717, 1.165) is 52.2 Å². The van der Waals surface area contributed by atoms with Gasteiger partial charge in [0, 0.05) is 26.2 Å². The molecule has 0 spiro atoms. The molecule has 2 rings (SSSR count). The Labute approximate surface area is 115 Å². The molecule has 2 aliphatic heterocycles. The summed E-state index contributed by atoms with van der Waals surface area (Å²) in [6.07, 6.45) is 2.31. The summed E-state index contributed by atoms with van der Waals surface area (Å²) in [6.45, 7) is 7.98. The average Bonchev–Trinajstić information content (AvgIpc) is 2.39. The minimum atomic E-state index is -0.0334. The molecule has 2 unspecified atom stereocenters. The first-order valence-electron chi connectivity index (χ1n) is 7.38. The lowest BCUT2D eigenvalue weighted by Crippen LogP contribution is -2.49. The molecule has 2 saturated heterocycles. The van der Waals surface area contributed by atoms with Crippen molar-refractivity contribution in [3.63, 3.8) is 0 Å². The SMILES string of the molecule is CCOC(=O)C1CCCN(CC2CN(C)CCO2)C1. The number of esters is 1. The van der Waals surface area contributed by atoms with Gasteiger partial charge in [0.15, 0.2) is 0 Å². The number of hydrogen-bond acceptors (Lipinski definition) is 5. The van der Waals surface area contributed by atoms with Crippen molar-refractivity contribution >= 4 is 5.97 Å². The zero-order valence-corrected chi connectivity index (χ0v) is 12.1. The fourth-order valence-corrected chi connectivity index (χ4v) is 2.94. The minimum Gasteiger partial charge on any atom is -0.466 e. The van der Waals surface area contributed by atoms with Crippen LogP contribution in [0.4, 0.5) is 0 Å². The standard InChI is InChI=1S/C14H26N2O3/c1-3-18-14(17)12-5-4-6-16(9-12)11-13-10-15(2)7-8-19-13/h12-13H,3-11H2,1-2H3. The van der Waals surface area contributed by atoms with Crippen molar-refractivity contribution in [2.75, 3.05) is 53.0 Å². The third-order valence-corrected chi connectivity index (χ3v) is 3.93. The van der Waals surface area contributed by atoms with Gasteiger partial charge in [0.05, 0.1) is 25.2 Å². The first-order chi connectivity index (χ1) is 9.19. The second-order valence-corrected chi connectivity index (χ2v) is 5.61. The van der Waals surface area contributed by atoms with Crippen molar-refractivity contribution in [3.05, 3.63) is 0 Å². The van der Waals surface area contributed by atoms with E-state index in [1.165, 1.54) is 0 Å². The molecule has 0 radical (unpaired) electrons. The Bertz CT molecular complexity index is 298. The summed E-state index contributed by atoms with van der Waals surface area (Å²) in [5.74, 6) is 0.0175. The van der Waals surface area contributed by atoms with Crippen LogP contribution < -0.4 is 0 Å². The summed E-state index contributed by atoms with van der Waals surface area (Å²) in [5, 5.41) is 0. The van der Waals surface area contributed by atoms with Crippen LogP contribution in [0, 0.1) is 5.92 Å². The summed E-state index contributed by atoms with van der Waals surface area (Å²) in [4.78, 5) is 16.5. The van der Waals surface area contributed by atoms with E-state index in [1.807, 2.05) is 6.92 Å². The van der Waals surface area contributed by atoms with E-state index in [-0.39, 0.29) is 18.0 Å². The molecule has 0 aromatic carbocycles. The Hall–Kier alpha value is -0.650. The summed E-state index contributed by atoms with van der Waals surface area (Å²) >= 11 is 0. The molecule has 0 aromatic heterocycles. The topological polar surface area (TPSA) is 42.0 Å². The van der Waals surface area contributed by atoms with Crippen LogP contribution in [-0.2, 0) is 14.3 Å². The number of nitrogens with zero attached hydrogens (tertiary/aromatic N) is 2. The molecular weight excluding hydrogens is 244 g/mol. The maximum atomic E-state index is 11.8. The summed E-state index contributed by atoms with van der Waals surface area (Å²) < 4.78 is 10.9. The highest BCUT2D eigenvalue weighted by Crippen LogP contribution is 2.19. The third-order valence-electron chi connectivity index (χ3n) is 3.93. The lowest BCUT2D eigenvalue weighted by atomic mass is 9.98. The minimum absolute atomic E-state index is 0.0334. The van der Waals surface area contributed by atoms with E-state index in [4.69, 9.17) is 9.47 Å². The van der Waals surface area contributed by atoms with Gasteiger partial charge in [0.25, 0.3) is 0 Å². The molecule has 0 aromatic rings. The van der Waals surface area contributed by atoms with Crippen LogP contribution in [0.25, 0.3) is 0 Å². The largest absolute Gasteiger partial charge is 0.466 e. The molecule has 0 amide bonds. The molecule has 0 aliphatic carbocycles. The van der Waals surface area contributed by atoms with E-state index in [0.29, 0.717) is 6.61 Å². The number of carbonyl (C=O) groups is 1. The first-order valence-corrected chi connectivity index (χ1v) is 7.38. The van der Waals surface area contributed by atoms with E-state index in [2.05, 4.69) is 16.8 Å². The molecule has 5 heteroatoms. The van der Waals surface area contributed by atoms with Gasteiger partial charge in [0.2, 0.25) is 0 Å². The van der Waals surface area contributed by atoms with Crippen molar-refractivity contribution in [1.82, 2.24) is 9.80 Å². The Morgan fingerprint density at radius 1 is 1.37 bits per heavy atom. The Morgan fingerprint density at radius 2 is 2.21 bits per heavy atom. The van der Waals surface area contributed by atoms with Crippen molar-refractivity contribution in [2.24, 2.45) is 5.92 Å². The molecule has 2 aliphatic rings. The van der Waals surface area contributed by atoms with Gasteiger partial charge < -0.3 is 14.4 Å². The van der Waals surface area contributed by atoms with E-state index >= 15 is 0 Å². The van der Waals surface area contributed by atoms with Crippen LogP contribution >= 0.6 is 0 Å². The average molecular weight is 270 g/mol. The summed E-state index contributed by atoms with van der Waals surface area (Å²) in [6, 6.07) is 0. The predicted molar refractivity (Wildman–Crippen MR) is 73.0 cm³/mol. The molecular formula is C14H26N2O3. The van der Waals surface area contributed by atoms with Crippen LogP contribution in [0.2, 0.25) is 0 Å². The van der Waals surface area contributed by atoms with Gasteiger partial charge in [0.1, 0.15) is 0 Å². The predicted octanol–water partition coefficient (Wildman–Crippen LogP) is 0.592. The number of ether oxygens (including phenoxy) is 2. The molecule has 110 valence electrons. The van der Waals surface area contributed by atoms with Crippen molar-refractivity contribution in [3.8, 4) is 0 Å². The number of piperidine rings is 1. The van der Waals surface area contributed by atoms with Crippen molar-refractivity contribution in [1.29, 1.82) is 0 Å². The van der Waals surface area contributed by atoms with Gasteiger partial charge in [-0.1, -0.05) is 0 Å². The maximum absolute atomic E-state index is 11.8. The fraction of sp³-hybridized carbons (Fsp3) is 0.929. The number of likely N-dealkylation sites (tertiary alicyclic amines) is 1. The lowest BCUT2D eigenvalue weighted by molar-refractivity contribution is -0.150. The normalized spacial score (nSPS) is 30.2. The summed E-state index contributed by atoms with van der Waals surface area (Å²) in [5.41, 5.74) is 0. The van der Waals surface area contributed by atoms with Crippen LogP contribution in [0.1, 0.15) is 19.8 Å². The molecule has 19 heavy (non-hydrogen) atoms. The van der Waals surface area contributed by atoms with Gasteiger partial charge in [-0.3, -0.25) is 9.69 Å². The smallest absolute Gasteiger partial charge is 0.310 e. The van der Waals surface area contributed by atoms with Gasteiger partial charge in [-0.2, -0.15) is 0 Å². The van der Waals surface area contributed by atoms with Crippen molar-refractivity contribution in [2.45, 2.75) is 25.9 Å². The van der Waals surface area contributed by atoms with Crippen LogP contribution in [-0.4, -0.2) is 74.9 Å². The van der Waals surface area contributed by atoms with E-state index in [1.54, 1.807) is 0 Å². The molecule has 5 nitrogen and oxygen atoms in total. The second-order valence-electron chi connectivity index (χ2n) is 5.61. The van der Waals surface area contributed by atoms with Gasteiger partial charge in [-0.25, -0.2) is 0 Å². The highest BCUT2D eigenvalue weighted by Gasteiger charge is 2.29. The monoisotopic (exact) mass is 270 g/mol. The summed E-state index contributed by atoms with van der Waals surface area (Å²) in [7, 11) is 2.13. The second kappa shape index (κ2) is 7.22. The number of rotatable bonds is 4. The zero-order valence-electron chi connectivity index (χ0n) is 12.1. The van der Waals surface area contributed by atoms with Crippen molar-refractivity contribution < 1.29 is 14.3 Å². The quantitative estimate of drug-likeness (QED) is 0.700. The third kappa shape index (κ3) is 4.44. The number of carbonyl (C=O) groups excluding carboxylic acids is 1. The van der Waals surface area contributed by atoms with Gasteiger partial charge in [-0.05, 0) is 33.4 Å². The molecule has 0 saturated carbocycles. The lowest BCUT2D eigenvalue weighted by Gasteiger charge is -2.37. The molecule has 0 bridgehead atoms. The first kappa shape index (κ1) is 14.8. The van der Waals surface area contributed by atoms with Gasteiger partial charge >= 0.3 is 5.97 Å². The van der Waals surface area contributed by atoms with Crippen LogP contribution in [0.15, 0.2) is 0 Å². The Morgan fingerprint density at radius 3 is 2.95 bits per heavy atom. The molecule has 2 fully saturated rings. The molecule has 2 heterocycles. The number of morpholine rings is 1. The highest BCUT2D eigenvalue weighted by molar-refractivity contribution is 5.72.